The number of unbranched alkanes of at least 4 members (excludes halogenated alkanes) is 6. The third-order valence-corrected chi connectivity index (χ3v) is 4.34. The number of allylic oxidation sites excluding steroid dienone is 1. The molecule has 1 amide bonds. The van der Waals surface area contributed by atoms with Gasteiger partial charge in [0.1, 0.15) is 6.23 Å². The van der Waals surface area contributed by atoms with Crippen LogP contribution >= 0.6 is 22.5 Å². The first kappa shape index (κ1) is 21.8. The van der Waals surface area contributed by atoms with Gasteiger partial charge in [0, 0.05) is 25.3 Å². The van der Waals surface area contributed by atoms with Gasteiger partial charge >= 0.3 is 0 Å². The number of aliphatic hydroxyl groups excluding tert-OH is 1. The summed E-state index contributed by atoms with van der Waals surface area (Å²) >= 11 is 4.16. The van der Waals surface area contributed by atoms with Gasteiger partial charge in [-0.3, -0.25) is 10.1 Å². The van der Waals surface area contributed by atoms with Gasteiger partial charge in [0.2, 0.25) is 5.91 Å². The van der Waals surface area contributed by atoms with E-state index >= 15 is 0 Å². The molecule has 6 heteroatoms. The lowest BCUT2D eigenvalue weighted by Gasteiger charge is -2.15. The van der Waals surface area contributed by atoms with Gasteiger partial charge in [0.25, 0.3) is 0 Å². The fourth-order valence-corrected chi connectivity index (χ4v) is 3.04. The Kier molecular flexibility index (Phi) is 15.6. The highest BCUT2D eigenvalue weighted by molar-refractivity contribution is 8.68. The predicted molar refractivity (Wildman–Crippen MR) is 100 cm³/mol. The first-order valence-corrected chi connectivity index (χ1v) is 10.2. The van der Waals surface area contributed by atoms with Gasteiger partial charge in [0.15, 0.2) is 0 Å². The zero-order valence-electron chi connectivity index (χ0n) is 13.9. The Bertz CT molecular complexity index is 300. The Balaban J connectivity index is 3.50. The third-order valence-electron chi connectivity index (χ3n) is 3.38. The quantitative estimate of drug-likeness (QED) is 0.128. The van der Waals surface area contributed by atoms with Crippen molar-refractivity contribution in [3.63, 3.8) is 0 Å². The molecule has 0 aromatic heterocycles. The Labute approximate surface area is 144 Å². The van der Waals surface area contributed by atoms with Gasteiger partial charge in [-0.1, -0.05) is 48.6 Å². The maximum Gasteiger partial charge on any atom is 0.219 e. The van der Waals surface area contributed by atoms with E-state index in [1.165, 1.54) is 36.5 Å². The van der Waals surface area contributed by atoms with Gasteiger partial charge in [-0.15, -0.1) is 11.7 Å². The minimum absolute atomic E-state index is 0.143. The van der Waals surface area contributed by atoms with Gasteiger partial charge in [-0.05, 0) is 26.2 Å². The molecule has 0 rings (SSSR count). The average molecular weight is 349 g/mol. The molecule has 0 heterocycles. The summed E-state index contributed by atoms with van der Waals surface area (Å²) in [7, 11) is 3.16. The summed E-state index contributed by atoms with van der Waals surface area (Å²) in [5.41, 5.74) is 0. The summed E-state index contributed by atoms with van der Waals surface area (Å²) in [4.78, 5) is 11.0. The van der Waals surface area contributed by atoms with Crippen molar-refractivity contribution in [3.8, 4) is 0 Å². The number of carbonyl (C=O) groups is 1. The standard InChI is InChI=1S/C16H32N2O2S2/c1-14(19)18-15(13-22-21)11-9-7-5-3-4-6-8-10-12-16(20)17-2/h9,11,14-15,18-19,21H,3-8,10,12-13H2,1-2H3,(H,17,20)/b11-9+. The van der Waals surface area contributed by atoms with Crippen LogP contribution in [-0.2, 0) is 4.79 Å². The summed E-state index contributed by atoms with van der Waals surface area (Å²) in [6, 6.07) is 0.173. The lowest BCUT2D eigenvalue weighted by molar-refractivity contribution is -0.120. The van der Waals surface area contributed by atoms with Crippen molar-refractivity contribution in [2.45, 2.75) is 70.6 Å². The van der Waals surface area contributed by atoms with E-state index in [1.54, 1.807) is 14.0 Å². The second kappa shape index (κ2) is 15.7. The van der Waals surface area contributed by atoms with Gasteiger partial charge in [-0.2, -0.15) is 0 Å². The molecule has 0 saturated heterocycles. The highest BCUT2D eigenvalue weighted by Gasteiger charge is 2.05. The van der Waals surface area contributed by atoms with Crippen LogP contribution in [0.15, 0.2) is 12.2 Å². The summed E-state index contributed by atoms with van der Waals surface area (Å²) in [5, 5.41) is 15.1. The van der Waals surface area contributed by atoms with E-state index in [4.69, 9.17) is 0 Å². The molecule has 3 N–H and O–H groups in total. The molecule has 130 valence electrons. The second-order valence-corrected chi connectivity index (χ2v) is 6.87. The summed E-state index contributed by atoms with van der Waals surface area (Å²) in [6.45, 7) is 1.73. The van der Waals surface area contributed by atoms with Gasteiger partial charge in [-0.25, -0.2) is 0 Å². The summed E-state index contributed by atoms with van der Waals surface area (Å²) in [5.74, 6) is 0.987. The first-order valence-electron chi connectivity index (χ1n) is 8.17. The zero-order chi connectivity index (χ0) is 16.6. The summed E-state index contributed by atoms with van der Waals surface area (Å²) < 4.78 is 0. The van der Waals surface area contributed by atoms with Crippen molar-refractivity contribution in [1.29, 1.82) is 0 Å². The maximum absolute atomic E-state index is 11.0. The van der Waals surface area contributed by atoms with Gasteiger partial charge < -0.3 is 10.4 Å². The smallest absolute Gasteiger partial charge is 0.219 e. The number of amides is 1. The first-order chi connectivity index (χ1) is 10.6. The van der Waals surface area contributed by atoms with Gasteiger partial charge in [0.05, 0.1) is 0 Å². The fraction of sp³-hybridized carbons (Fsp3) is 0.812. The number of aliphatic hydroxyl groups is 1. The molecule has 0 aromatic carbocycles. The van der Waals surface area contributed by atoms with Crippen LogP contribution in [-0.4, -0.2) is 36.1 Å². The highest BCUT2D eigenvalue weighted by Crippen LogP contribution is 2.11. The topological polar surface area (TPSA) is 61.4 Å². The number of carbonyl (C=O) groups excluding carboxylic acids is 1. The molecule has 0 saturated carbocycles. The van der Waals surface area contributed by atoms with Crippen LogP contribution in [0.3, 0.4) is 0 Å². The molecule has 0 spiro atoms. The third kappa shape index (κ3) is 14.8. The van der Waals surface area contributed by atoms with E-state index in [2.05, 4.69) is 34.4 Å². The maximum atomic E-state index is 11.0. The minimum Gasteiger partial charge on any atom is -0.379 e. The van der Waals surface area contributed by atoms with E-state index in [-0.39, 0.29) is 11.9 Å². The SMILES string of the molecule is CNC(=O)CCCCCCCC/C=C/C(CSS)NC(C)O. The van der Waals surface area contributed by atoms with E-state index in [0.717, 1.165) is 25.0 Å². The molecule has 0 bridgehead atoms. The molecule has 0 radical (unpaired) electrons. The molecular formula is C16H32N2O2S2. The average Bonchev–Trinajstić information content (AvgIpc) is 2.48. The van der Waals surface area contributed by atoms with Crippen molar-refractivity contribution >= 4 is 28.4 Å². The van der Waals surface area contributed by atoms with Crippen molar-refractivity contribution in [1.82, 2.24) is 10.6 Å². The van der Waals surface area contributed by atoms with Crippen LogP contribution in [0.25, 0.3) is 0 Å². The lowest BCUT2D eigenvalue weighted by atomic mass is 10.1. The van der Waals surface area contributed by atoms with Crippen molar-refractivity contribution in [3.05, 3.63) is 12.2 Å². The lowest BCUT2D eigenvalue weighted by Crippen LogP contribution is -2.36. The van der Waals surface area contributed by atoms with Crippen molar-refractivity contribution < 1.29 is 9.90 Å². The van der Waals surface area contributed by atoms with Crippen molar-refractivity contribution in [2.24, 2.45) is 0 Å². The summed E-state index contributed by atoms with van der Waals surface area (Å²) in [6.07, 6.45) is 12.6. The number of hydrogen-bond donors (Lipinski definition) is 4. The molecule has 2 unspecified atom stereocenters. The van der Waals surface area contributed by atoms with Crippen LogP contribution in [0.2, 0.25) is 0 Å². The highest BCUT2D eigenvalue weighted by atomic mass is 33.1. The molecule has 2 atom stereocenters. The largest absolute Gasteiger partial charge is 0.379 e. The van der Waals surface area contributed by atoms with Crippen LogP contribution in [0.5, 0.6) is 0 Å². The van der Waals surface area contributed by atoms with Crippen LogP contribution in [0.4, 0.5) is 0 Å². The molecule has 0 aliphatic rings. The number of thiol groups is 1. The molecule has 0 aliphatic carbocycles. The Hall–Kier alpha value is -0.170. The Morgan fingerprint density at radius 2 is 1.86 bits per heavy atom. The molecule has 0 fully saturated rings. The van der Waals surface area contributed by atoms with Crippen LogP contribution in [0, 0.1) is 0 Å². The zero-order valence-corrected chi connectivity index (χ0v) is 15.6. The van der Waals surface area contributed by atoms with Crippen LogP contribution < -0.4 is 10.6 Å². The fourth-order valence-electron chi connectivity index (χ4n) is 2.19. The number of hydrogen-bond acceptors (Lipinski definition) is 5. The van der Waals surface area contributed by atoms with E-state index in [0.29, 0.717) is 6.42 Å². The van der Waals surface area contributed by atoms with Crippen LogP contribution in [0.1, 0.15) is 58.3 Å². The Morgan fingerprint density at radius 1 is 1.23 bits per heavy atom. The molecular weight excluding hydrogens is 316 g/mol. The minimum atomic E-state index is -0.495. The van der Waals surface area contributed by atoms with E-state index in [1.807, 2.05) is 0 Å². The Morgan fingerprint density at radius 3 is 2.45 bits per heavy atom. The van der Waals surface area contributed by atoms with Crippen molar-refractivity contribution in [2.75, 3.05) is 12.8 Å². The second-order valence-electron chi connectivity index (χ2n) is 5.51. The normalized spacial score (nSPS) is 14.2. The number of nitrogens with one attached hydrogen (secondary N) is 2. The number of rotatable bonds is 14. The molecule has 0 aromatic rings. The molecule has 4 nitrogen and oxygen atoms in total. The monoisotopic (exact) mass is 348 g/mol. The van der Waals surface area contributed by atoms with E-state index in [9.17, 15) is 9.90 Å². The molecule has 0 aliphatic heterocycles. The predicted octanol–water partition coefficient (Wildman–Crippen LogP) is 3.28. The van der Waals surface area contributed by atoms with E-state index < -0.39 is 6.23 Å². The molecule has 22 heavy (non-hydrogen) atoms.